The monoisotopic (exact) mass is 893 g/mol. The molecule has 0 radical (unpaired) electrons. The van der Waals surface area contributed by atoms with Crippen molar-refractivity contribution < 1.29 is 62.6 Å². The predicted octanol–water partition coefficient (Wildman–Crippen LogP) is -4.66. The van der Waals surface area contributed by atoms with E-state index in [4.69, 9.17) is 57.1 Å². The minimum atomic E-state index is -1.60. The largest absolute Gasteiger partial charge is 0.462 e. The van der Waals surface area contributed by atoms with Crippen molar-refractivity contribution >= 4 is 42.1 Å². The number of aliphatic hydroxyl groups is 2. The number of fused-ring (bicyclic) bond motifs is 1. The van der Waals surface area contributed by atoms with E-state index in [0.29, 0.717) is 24.4 Å². The highest BCUT2D eigenvalue weighted by molar-refractivity contribution is 5.91. The van der Waals surface area contributed by atoms with Gasteiger partial charge in [0, 0.05) is 12.6 Å². The number of nitrogens with zero attached hydrogens (tertiary/aromatic N) is 1. The van der Waals surface area contributed by atoms with Gasteiger partial charge in [-0.2, -0.15) is 0 Å². The third-order valence-electron chi connectivity index (χ3n) is 10.4. The summed E-state index contributed by atoms with van der Waals surface area (Å²) in [5.74, 6) is -0.317. The molecule has 0 aliphatic carbocycles. The molecule has 1 aromatic carbocycles. The molecule has 4 saturated heterocycles. The van der Waals surface area contributed by atoms with Crippen molar-refractivity contribution in [1.29, 1.82) is 0 Å². The number of unbranched alkanes of at least 4 members (excludes halogenated alkanes) is 1. The number of aliphatic hydroxyl groups excluding tert-OH is 2. The number of ether oxygens (including phenoxy) is 6. The zero-order valence-corrected chi connectivity index (χ0v) is 34.6. The van der Waals surface area contributed by atoms with Gasteiger partial charge < -0.3 is 105 Å². The summed E-state index contributed by atoms with van der Waals surface area (Å²) in [4.78, 5) is 65.5. The number of nitrogens with two attached hydrogens (primary N) is 5. The lowest BCUT2D eigenvalue weighted by molar-refractivity contribution is -0.260. The van der Waals surface area contributed by atoms with Gasteiger partial charge in [-0.25, -0.2) is 24.2 Å². The SMILES string of the molecule is CC1OC(Oc2ccc(/C=C/C(=O)NCCCNCCCCN)cc2)C(N=C(N)N)C(O)C1NC(=O)NC1OCC(OC2OCC3OC(=O)NC3C2NC(N)=O)C(O)C1NC(N)=O. The molecule has 0 saturated carbocycles. The van der Waals surface area contributed by atoms with Gasteiger partial charge in [0.05, 0.1) is 31.4 Å². The molecule has 350 valence electrons. The molecular weight excluding hydrogens is 834 g/mol. The van der Waals surface area contributed by atoms with Gasteiger partial charge in [0.25, 0.3) is 0 Å². The second kappa shape index (κ2) is 23.1. The Bertz CT molecular complexity index is 1770. The number of hydrogen-bond acceptors (Lipinski definition) is 16. The smallest absolute Gasteiger partial charge is 0.407 e. The Morgan fingerprint density at radius 2 is 1.59 bits per heavy atom. The first-order valence-corrected chi connectivity index (χ1v) is 20.4. The minimum absolute atomic E-state index is 0.127. The van der Waals surface area contributed by atoms with Crippen LogP contribution in [-0.2, 0) is 28.5 Å². The summed E-state index contributed by atoms with van der Waals surface area (Å²) in [6.45, 7) is 3.91. The second-order valence-corrected chi connectivity index (χ2v) is 15.1. The summed E-state index contributed by atoms with van der Waals surface area (Å²) in [7, 11) is 0. The number of urea groups is 3. The van der Waals surface area contributed by atoms with Crippen LogP contribution in [0.15, 0.2) is 35.3 Å². The first-order valence-electron chi connectivity index (χ1n) is 20.4. The fourth-order valence-electron chi connectivity index (χ4n) is 7.33. The van der Waals surface area contributed by atoms with Crippen LogP contribution in [0.2, 0.25) is 0 Å². The number of amides is 8. The van der Waals surface area contributed by atoms with Crippen LogP contribution in [0.5, 0.6) is 5.75 Å². The van der Waals surface area contributed by atoms with E-state index in [2.05, 4.69) is 42.2 Å². The standard InChI is InChI=1S/C37H59N13O13/c1-17-23(29(53)27(45-33(39)40)32(60-17)61-19-8-5-18(6-9-19)7-10-22(51)44-14-4-13-43-12-3-2-11-38)48-36(56)50-30-26(47-35(42)55)28(52)21(16-58-30)62-31-25(46-34(41)54)24-20(15-59-31)63-37(57)49-24/h5-10,17,20-21,23-32,43,52-53H,2-4,11-16,38H2,1H3,(H,44,51)(H,49,57)(H4,39,40,45)(H3,41,46,54)(H3,42,47,55)(H2,48,50,56)/b10-7+. The summed E-state index contributed by atoms with van der Waals surface area (Å²) in [5, 5.41) is 41.4. The first-order chi connectivity index (χ1) is 30.1. The van der Waals surface area contributed by atoms with E-state index in [-0.39, 0.29) is 19.1 Å². The Morgan fingerprint density at radius 1 is 0.873 bits per heavy atom. The lowest BCUT2D eigenvalue weighted by Gasteiger charge is -2.44. The Kier molecular flexibility index (Phi) is 17.7. The third kappa shape index (κ3) is 13.9. The van der Waals surface area contributed by atoms with E-state index in [1.807, 2.05) is 0 Å². The Hall–Kier alpha value is -5.74. The van der Waals surface area contributed by atoms with Crippen molar-refractivity contribution in [3.63, 3.8) is 0 Å². The van der Waals surface area contributed by atoms with Crippen LogP contribution < -0.4 is 70.6 Å². The van der Waals surface area contributed by atoms with Gasteiger partial charge in [-0.1, -0.05) is 12.1 Å². The van der Waals surface area contributed by atoms with E-state index in [1.54, 1.807) is 37.3 Å². The van der Waals surface area contributed by atoms with E-state index in [1.165, 1.54) is 6.08 Å². The van der Waals surface area contributed by atoms with Crippen LogP contribution in [0.3, 0.4) is 0 Å². The van der Waals surface area contributed by atoms with E-state index in [0.717, 1.165) is 32.4 Å². The molecule has 63 heavy (non-hydrogen) atoms. The molecule has 4 aliphatic rings. The normalized spacial score (nSPS) is 31.4. The summed E-state index contributed by atoms with van der Waals surface area (Å²) < 4.78 is 34.6. The number of alkyl carbamates (subject to hydrolysis) is 1. The van der Waals surface area contributed by atoms with Gasteiger partial charge in [0.1, 0.15) is 48.3 Å². The number of nitrogens with one attached hydrogen (secondary N) is 7. The zero-order valence-electron chi connectivity index (χ0n) is 34.6. The first kappa shape index (κ1) is 48.3. The van der Waals surface area contributed by atoms with Gasteiger partial charge in [-0.15, -0.1) is 0 Å². The Balaban J connectivity index is 1.15. The molecule has 0 bridgehead atoms. The number of aliphatic imine (C=N–C) groups is 1. The lowest BCUT2D eigenvalue weighted by atomic mass is 9.95. The number of benzene rings is 1. The molecule has 0 aromatic heterocycles. The quantitative estimate of drug-likeness (QED) is 0.0269. The second-order valence-electron chi connectivity index (χ2n) is 15.1. The molecule has 4 aliphatic heterocycles. The predicted molar refractivity (Wildman–Crippen MR) is 221 cm³/mol. The summed E-state index contributed by atoms with van der Waals surface area (Å²) >= 11 is 0. The fourth-order valence-corrected chi connectivity index (χ4v) is 7.33. The molecule has 13 unspecified atom stereocenters. The minimum Gasteiger partial charge on any atom is -0.462 e. The van der Waals surface area contributed by atoms with Gasteiger partial charge in [-0.05, 0) is 69.6 Å². The molecular formula is C37H59N13O13. The molecule has 5 rings (SSSR count). The number of guanidine groups is 1. The average Bonchev–Trinajstić information content (AvgIpc) is 3.62. The highest BCUT2D eigenvalue weighted by Gasteiger charge is 2.51. The van der Waals surface area contributed by atoms with Crippen LogP contribution in [0.25, 0.3) is 6.08 Å². The summed E-state index contributed by atoms with van der Waals surface area (Å²) in [6.07, 6.45) is -4.84. The number of carbonyl (C=O) groups excluding carboxylic acids is 5. The fraction of sp³-hybridized carbons (Fsp3) is 0.622. The summed E-state index contributed by atoms with van der Waals surface area (Å²) in [6, 6.07) is -1.96. The maximum Gasteiger partial charge on any atom is 0.407 e. The summed E-state index contributed by atoms with van der Waals surface area (Å²) in [5.41, 5.74) is 28.3. The van der Waals surface area contributed by atoms with Gasteiger partial charge >= 0.3 is 24.2 Å². The van der Waals surface area contributed by atoms with Crippen LogP contribution in [0.4, 0.5) is 19.2 Å². The lowest BCUT2D eigenvalue weighted by Crippen LogP contribution is -2.70. The van der Waals surface area contributed by atoms with Crippen molar-refractivity contribution in [2.24, 2.45) is 33.7 Å². The van der Waals surface area contributed by atoms with Gasteiger partial charge in [0.15, 0.2) is 18.5 Å². The van der Waals surface area contributed by atoms with Crippen LogP contribution in [-0.4, -0.2) is 165 Å². The highest BCUT2D eigenvalue weighted by Crippen LogP contribution is 2.29. The Labute approximate surface area is 362 Å². The van der Waals surface area contributed by atoms with Crippen molar-refractivity contribution in [2.45, 2.75) is 106 Å². The van der Waals surface area contributed by atoms with Crippen LogP contribution in [0, 0.1) is 0 Å². The molecule has 26 heteroatoms. The molecule has 4 heterocycles. The van der Waals surface area contributed by atoms with Gasteiger partial charge in [0.2, 0.25) is 12.2 Å². The molecule has 26 nitrogen and oxygen atoms in total. The number of primary amides is 2. The average molecular weight is 894 g/mol. The molecule has 19 N–H and O–H groups in total. The number of carbonyl (C=O) groups is 5. The maximum absolute atomic E-state index is 13.4. The molecule has 0 spiro atoms. The highest BCUT2D eigenvalue weighted by atomic mass is 16.7. The van der Waals surface area contributed by atoms with E-state index in [9.17, 15) is 34.2 Å². The van der Waals surface area contributed by atoms with Crippen molar-refractivity contribution in [2.75, 3.05) is 39.4 Å². The number of rotatable bonds is 19. The van der Waals surface area contributed by atoms with Crippen molar-refractivity contribution in [3.8, 4) is 5.75 Å². The topological polar surface area (TPSA) is 408 Å². The van der Waals surface area contributed by atoms with Crippen molar-refractivity contribution in [1.82, 2.24) is 37.2 Å². The molecule has 8 amide bonds. The van der Waals surface area contributed by atoms with Crippen LogP contribution in [0.1, 0.15) is 31.7 Å². The third-order valence-corrected chi connectivity index (χ3v) is 10.4. The van der Waals surface area contributed by atoms with Crippen molar-refractivity contribution in [3.05, 3.63) is 35.9 Å². The Morgan fingerprint density at radius 3 is 2.29 bits per heavy atom. The number of hydrogen-bond donors (Lipinski definition) is 14. The molecule has 1 aromatic rings. The molecule has 4 fully saturated rings. The van der Waals surface area contributed by atoms with E-state index >= 15 is 0 Å². The van der Waals surface area contributed by atoms with E-state index < -0.39 is 110 Å². The maximum atomic E-state index is 13.4. The van der Waals surface area contributed by atoms with Gasteiger partial charge in [-0.3, -0.25) is 4.79 Å². The van der Waals surface area contributed by atoms with Crippen LogP contribution >= 0.6 is 0 Å². The molecule has 13 atom stereocenters. The zero-order chi connectivity index (χ0) is 45.6.